The number of hydrazone groups is 1. The second-order valence-electron chi connectivity index (χ2n) is 4.13. The zero-order valence-electron chi connectivity index (χ0n) is 10.7. The molecule has 4 N–H and O–H groups in total. The van der Waals surface area contributed by atoms with E-state index in [9.17, 15) is 13.5 Å². The van der Waals surface area contributed by atoms with Crippen LogP contribution in [0.2, 0.25) is 5.02 Å². The maximum absolute atomic E-state index is 11.9. The molecule has 2 aromatic rings. The standard InChI is InChI=1S/C13H12ClN3O3S/c14-10-1-6-13(18)9(7-10)8-16-17-21(19,20)12-4-2-11(15)3-5-12/h1-8,17-18H,15H2/b16-8+. The molecule has 0 bridgehead atoms. The van der Waals surface area contributed by atoms with Crippen LogP contribution < -0.4 is 10.6 Å². The van der Waals surface area contributed by atoms with E-state index >= 15 is 0 Å². The molecule has 0 aliphatic carbocycles. The van der Waals surface area contributed by atoms with Gasteiger partial charge < -0.3 is 10.8 Å². The van der Waals surface area contributed by atoms with Crippen LogP contribution in [0.5, 0.6) is 5.75 Å². The van der Waals surface area contributed by atoms with Crippen molar-refractivity contribution < 1.29 is 13.5 Å². The number of rotatable bonds is 4. The Morgan fingerprint density at radius 2 is 1.86 bits per heavy atom. The van der Waals surface area contributed by atoms with Gasteiger partial charge in [-0.05, 0) is 42.5 Å². The van der Waals surface area contributed by atoms with Gasteiger partial charge in [-0.2, -0.15) is 13.5 Å². The molecule has 21 heavy (non-hydrogen) atoms. The van der Waals surface area contributed by atoms with Crippen LogP contribution in [0.3, 0.4) is 0 Å². The van der Waals surface area contributed by atoms with Crippen molar-refractivity contribution in [2.75, 3.05) is 5.73 Å². The summed E-state index contributed by atoms with van der Waals surface area (Å²) in [7, 11) is -3.79. The van der Waals surface area contributed by atoms with Crippen molar-refractivity contribution in [2.45, 2.75) is 4.90 Å². The van der Waals surface area contributed by atoms with Crippen LogP contribution in [-0.2, 0) is 10.0 Å². The molecule has 110 valence electrons. The Morgan fingerprint density at radius 1 is 1.19 bits per heavy atom. The zero-order valence-corrected chi connectivity index (χ0v) is 12.3. The van der Waals surface area contributed by atoms with Crippen molar-refractivity contribution in [1.82, 2.24) is 4.83 Å². The minimum absolute atomic E-state index is 0.0316. The van der Waals surface area contributed by atoms with Crippen LogP contribution in [0.4, 0.5) is 5.69 Å². The summed E-state index contributed by atoms with van der Waals surface area (Å²) in [4.78, 5) is 2.07. The van der Waals surface area contributed by atoms with Crippen LogP contribution in [0.1, 0.15) is 5.56 Å². The number of phenolic OH excluding ortho intramolecular Hbond substituents is 1. The molecule has 0 aliphatic rings. The van der Waals surface area contributed by atoms with Gasteiger partial charge in [0.1, 0.15) is 5.75 Å². The van der Waals surface area contributed by atoms with Crippen molar-refractivity contribution in [1.29, 1.82) is 0 Å². The summed E-state index contributed by atoms with van der Waals surface area (Å²) >= 11 is 5.77. The first kappa shape index (κ1) is 15.1. The molecule has 0 amide bonds. The van der Waals surface area contributed by atoms with Gasteiger partial charge in [0.15, 0.2) is 0 Å². The van der Waals surface area contributed by atoms with Gasteiger partial charge in [-0.3, -0.25) is 0 Å². The third kappa shape index (κ3) is 3.87. The number of halogens is 1. The number of hydrogen-bond acceptors (Lipinski definition) is 5. The Hall–Kier alpha value is -2.25. The van der Waals surface area contributed by atoms with Gasteiger partial charge in [0.05, 0.1) is 11.1 Å². The highest BCUT2D eigenvalue weighted by atomic mass is 35.5. The third-order valence-electron chi connectivity index (χ3n) is 2.56. The lowest BCUT2D eigenvalue weighted by Gasteiger charge is -2.04. The summed E-state index contributed by atoms with van der Waals surface area (Å²) in [5.41, 5.74) is 6.25. The van der Waals surface area contributed by atoms with E-state index < -0.39 is 10.0 Å². The Kier molecular flexibility index (Phi) is 4.35. The van der Waals surface area contributed by atoms with Crippen LogP contribution >= 0.6 is 11.6 Å². The minimum atomic E-state index is -3.79. The molecule has 0 aliphatic heterocycles. The van der Waals surface area contributed by atoms with Gasteiger partial charge in [-0.25, -0.2) is 4.83 Å². The quantitative estimate of drug-likeness (QED) is 0.454. The number of benzene rings is 2. The SMILES string of the molecule is Nc1ccc(S(=O)(=O)N/N=C/c2cc(Cl)ccc2O)cc1. The van der Waals surface area contributed by atoms with E-state index in [1.54, 1.807) is 0 Å². The lowest BCUT2D eigenvalue weighted by molar-refractivity contribution is 0.474. The number of phenols is 1. The number of nitrogens with one attached hydrogen (secondary N) is 1. The van der Waals surface area contributed by atoms with Gasteiger partial charge in [0.25, 0.3) is 10.0 Å². The first-order chi connectivity index (χ1) is 9.88. The second-order valence-corrected chi connectivity index (χ2v) is 6.22. The topological polar surface area (TPSA) is 105 Å². The van der Waals surface area contributed by atoms with Crippen LogP contribution in [0.25, 0.3) is 0 Å². The third-order valence-corrected chi connectivity index (χ3v) is 4.03. The predicted octanol–water partition coefficient (Wildman–Crippen LogP) is 1.94. The summed E-state index contributed by atoms with van der Waals surface area (Å²) < 4.78 is 23.9. The van der Waals surface area contributed by atoms with E-state index in [1.165, 1.54) is 42.5 Å². The predicted molar refractivity (Wildman–Crippen MR) is 81.9 cm³/mol. The van der Waals surface area contributed by atoms with Gasteiger partial charge in [0.2, 0.25) is 0 Å². The van der Waals surface area contributed by atoms with Crippen molar-refractivity contribution in [3.63, 3.8) is 0 Å². The molecule has 6 nitrogen and oxygen atoms in total. The largest absolute Gasteiger partial charge is 0.507 e. The van der Waals surface area contributed by atoms with Crippen LogP contribution in [0.15, 0.2) is 52.5 Å². The number of hydrogen-bond donors (Lipinski definition) is 3. The Bertz CT molecular complexity index is 774. The maximum atomic E-state index is 11.9. The Balaban J connectivity index is 2.16. The Morgan fingerprint density at radius 3 is 2.52 bits per heavy atom. The van der Waals surface area contributed by atoms with Gasteiger partial charge >= 0.3 is 0 Å². The molecule has 0 radical (unpaired) electrons. The molecule has 0 saturated carbocycles. The normalized spacial score (nSPS) is 11.7. The zero-order chi connectivity index (χ0) is 15.5. The molecular weight excluding hydrogens is 314 g/mol. The molecule has 2 aromatic carbocycles. The molecule has 0 heterocycles. The summed E-state index contributed by atoms with van der Waals surface area (Å²) in [6.45, 7) is 0. The van der Waals surface area contributed by atoms with Gasteiger partial charge in [-0.15, -0.1) is 0 Å². The van der Waals surface area contributed by atoms with Crippen molar-refractivity contribution in [3.8, 4) is 5.75 Å². The maximum Gasteiger partial charge on any atom is 0.276 e. The van der Waals surface area contributed by atoms with Crippen LogP contribution in [0, 0.1) is 0 Å². The monoisotopic (exact) mass is 325 g/mol. The highest BCUT2D eigenvalue weighted by Gasteiger charge is 2.12. The first-order valence-electron chi connectivity index (χ1n) is 5.77. The number of anilines is 1. The molecule has 0 saturated heterocycles. The van der Waals surface area contributed by atoms with Gasteiger partial charge in [0, 0.05) is 16.3 Å². The summed E-state index contributed by atoms with van der Waals surface area (Å²) in [6.07, 6.45) is 1.16. The average Bonchev–Trinajstić information content (AvgIpc) is 2.43. The van der Waals surface area contributed by atoms with Crippen molar-refractivity contribution in [2.24, 2.45) is 5.10 Å². The lowest BCUT2D eigenvalue weighted by atomic mass is 10.2. The summed E-state index contributed by atoms with van der Waals surface area (Å²) in [5.74, 6) is -0.0603. The molecule has 0 fully saturated rings. The minimum Gasteiger partial charge on any atom is -0.507 e. The van der Waals surface area contributed by atoms with E-state index in [0.29, 0.717) is 16.3 Å². The number of nitrogens with two attached hydrogens (primary N) is 1. The highest BCUT2D eigenvalue weighted by Crippen LogP contribution is 2.19. The molecule has 0 atom stereocenters. The fraction of sp³-hybridized carbons (Fsp3) is 0. The van der Waals surface area contributed by atoms with Crippen molar-refractivity contribution >= 4 is 33.5 Å². The number of nitrogens with zero attached hydrogens (tertiary/aromatic N) is 1. The summed E-state index contributed by atoms with van der Waals surface area (Å²) in [5, 5.41) is 13.6. The van der Waals surface area contributed by atoms with Crippen molar-refractivity contribution in [3.05, 3.63) is 53.1 Å². The number of nitrogen functional groups attached to an aromatic ring is 1. The molecule has 0 spiro atoms. The van der Waals surface area contributed by atoms with E-state index in [0.717, 1.165) is 6.21 Å². The smallest absolute Gasteiger partial charge is 0.276 e. The molecule has 0 unspecified atom stereocenters. The fourth-order valence-corrected chi connectivity index (χ4v) is 2.47. The second kappa shape index (κ2) is 6.02. The van der Waals surface area contributed by atoms with E-state index in [2.05, 4.69) is 5.10 Å². The fourth-order valence-electron chi connectivity index (χ4n) is 1.49. The van der Waals surface area contributed by atoms with E-state index in [-0.39, 0.29) is 10.6 Å². The summed E-state index contributed by atoms with van der Waals surface area (Å²) in [6, 6.07) is 10.0. The first-order valence-corrected chi connectivity index (χ1v) is 7.63. The highest BCUT2D eigenvalue weighted by molar-refractivity contribution is 7.89. The molecule has 0 aromatic heterocycles. The molecule has 8 heteroatoms. The number of aromatic hydroxyl groups is 1. The van der Waals surface area contributed by atoms with E-state index in [4.69, 9.17) is 17.3 Å². The number of sulfonamides is 1. The van der Waals surface area contributed by atoms with Gasteiger partial charge in [-0.1, -0.05) is 11.6 Å². The lowest BCUT2D eigenvalue weighted by Crippen LogP contribution is -2.18. The van der Waals surface area contributed by atoms with Crippen LogP contribution in [-0.4, -0.2) is 19.7 Å². The Labute approximate surface area is 126 Å². The molecule has 2 rings (SSSR count). The molecular formula is C13H12ClN3O3S. The average molecular weight is 326 g/mol. The van der Waals surface area contributed by atoms with E-state index in [1.807, 2.05) is 4.83 Å².